The van der Waals surface area contributed by atoms with Crippen LogP contribution in [0.5, 0.6) is 0 Å². The minimum absolute atomic E-state index is 0.449. The van der Waals surface area contributed by atoms with Crippen LogP contribution in [-0.4, -0.2) is 5.11 Å². The van der Waals surface area contributed by atoms with Gasteiger partial charge in [-0.15, -0.1) is 0 Å². The Labute approximate surface area is 85.8 Å². The topological polar surface area (TPSA) is 20.2 Å². The Morgan fingerprint density at radius 3 is 2.71 bits per heavy atom. The molecule has 1 aliphatic rings. The molecule has 1 aromatic rings. The third kappa shape index (κ3) is 1.46. The minimum atomic E-state index is -0.546. The third-order valence-corrected chi connectivity index (χ3v) is 3.55. The van der Waals surface area contributed by atoms with Crippen LogP contribution in [-0.2, 0) is 5.60 Å². The Hall–Kier alpha value is -0.820. The van der Waals surface area contributed by atoms with Gasteiger partial charge in [-0.25, -0.2) is 0 Å². The van der Waals surface area contributed by atoms with Crippen LogP contribution in [0.4, 0.5) is 0 Å². The van der Waals surface area contributed by atoms with E-state index in [4.69, 9.17) is 0 Å². The largest absolute Gasteiger partial charge is 0.385 e. The number of rotatable bonds is 2. The van der Waals surface area contributed by atoms with Crippen molar-refractivity contribution < 1.29 is 5.11 Å². The Balaban J connectivity index is 2.31. The van der Waals surface area contributed by atoms with Crippen LogP contribution < -0.4 is 0 Å². The standard InChI is InChI=1S/C13H18O/c1-2-11-9-6-10-13(11,14)12-7-4-3-5-8-12/h3-5,7-8,11,14H,2,6,9-10H2,1H3/t11-,13-/m0/s1. The van der Waals surface area contributed by atoms with Crippen molar-refractivity contribution in [3.05, 3.63) is 35.9 Å². The van der Waals surface area contributed by atoms with Gasteiger partial charge in [0.2, 0.25) is 0 Å². The molecule has 14 heavy (non-hydrogen) atoms. The second-order valence-electron chi connectivity index (χ2n) is 4.29. The van der Waals surface area contributed by atoms with Crippen LogP contribution in [0.2, 0.25) is 0 Å². The fourth-order valence-corrected chi connectivity index (χ4v) is 2.71. The Bertz CT molecular complexity index is 293. The molecule has 1 heteroatoms. The van der Waals surface area contributed by atoms with Crippen LogP contribution in [0.1, 0.15) is 38.2 Å². The summed E-state index contributed by atoms with van der Waals surface area (Å²) < 4.78 is 0. The molecule has 1 N–H and O–H groups in total. The van der Waals surface area contributed by atoms with Gasteiger partial charge >= 0.3 is 0 Å². The predicted molar refractivity (Wildman–Crippen MR) is 58.0 cm³/mol. The molecule has 0 radical (unpaired) electrons. The van der Waals surface area contributed by atoms with E-state index in [9.17, 15) is 5.11 Å². The second-order valence-corrected chi connectivity index (χ2v) is 4.29. The van der Waals surface area contributed by atoms with Crippen molar-refractivity contribution in [1.29, 1.82) is 0 Å². The minimum Gasteiger partial charge on any atom is -0.385 e. The molecule has 2 atom stereocenters. The van der Waals surface area contributed by atoms with E-state index >= 15 is 0 Å². The van der Waals surface area contributed by atoms with Crippen molar-refractivity contribution >= 4 is 0 Å². The molecule has 1 aliphatic carbocycles. The van der Waals surface area contributed by atoms with E-state index in [1.54, 1.807) is 0 Å². The van der Waals surface area contributed by atoms with Crippen molar-refractivity contribution in [1.82, 2.24) is 0 Å². The van der Waals surface area contributed by atoms with Crippen LogP contribution in [0.25, 0.3) is 0 Å². The van der Waals surface area contributed by atoms with E-state index in [1.807, 2.05) is 30.3 Å². The quantitative estimate of drug-likeness (QED) is 0.759. The molecule has 76 valence electrons. The molecule has 0 bridgehead atoms. The number of hydrogen-bond donors (Lipinski definition) is 1. The lowest BCUT2D eigenvalue weighted by Crippen LogP contribution is -2.29. The molecule has 1 aromatic carbocycles. The van der Waals surface area contributed by atoms with E-state index in [0.29, 0.717) is 5.92 Å². The van der Waals surface area contributed by atoms with Crippen LogP contribution >= 0.6 is 0 Å². The van der Waals surface area contributed by atoms with Crippen LogP contribution in [0.15, 0.2) is 30.3 Å². The highest BCUT2D eigenvalue weighted by atomic mass is 16.3. The number of hydrogen-bond acceptors (Lipinski definition) is 1. The molecule has 0 heterocycles. The van der Waals surface area contributed by atoms with Crippen molar-refractivity contribution in [2.24, 2.45) is 5.92 Å². The zero-order chi connectivity index (χ0) is 10.0. The first-order valence-electron chi connectivity index (χ1n) is 5.55. The van der Waals surface area contributed by atoms with Gasteiger partial charge in [0.25, 0.3) is 0 Å². The summed E-state index contributed by atoms with van der Waals surface area (Å²) in [6, 6.07) is 10.1. The third-order valence-electron chi connectivity index (χ3n) is 3.55. The summed E-state index contributed by atoms with van der Waals surface area (Å²) in [4.78, 5) is 0. The van der Waals surface area contributed by atoms with Crippen molar-refractivity contribution in [2.45, 2.75) is 38.2 Å². The molecule has 0 aromatic heterocycles. The van der Waals surface area contributed by atoms with Crippen molar-refractivity contribution in [2.75, 3.05) is 0 Å². The summed E-state index contributed by atoms with van der Waals surface area (Å²) in [5.74, 6) is 0.449. The Morgan fingerprint density at radius 1 is 1.36 bits per heavy atom. The molecule has 1 fully saturated rings. The smallest absolute Gasteiger partial charge is 0.0924 e. The SMILES string of the molecule is CC[C@H]1CCC[C@@]1(O)c1ccccc1. The predicted octanol–water partition coefficient (Wildman–Crippen LogP) is 3.08. The summed E-state index contributed by atoms with van der Waals surface area (Å²) in [7, 11) is 0. The lowest BCUT2D eigenvalue weighted by atomic mass is 9.82. The van der Waals surface area contributed by atoms with E-state index in [-0.39, 0.29) is 0 Å². The van der Waals surface area contributed by atoms with Gasteiger partial charge in [0.05, 0.1) is 5.60 Å². The van der Waals surface area contributed by atoms with E-state index in [0.717, 1.165) is 24.8 Å². The highest BCUT2D eigenvalue weighted by molar-refractivity contribution is 5.24. The number of benzene rings is 1. The molecule has 0 aliphatic heterocycles. The van der Waals surface area contributed by atoms with Gasteiger partial charge in [-0.1, -0.05) is 43.7 Å². The first kappa shape index (κ1) is 9.72. The van der Waals surface area contributed by atoms with Crippen LogP contribution in [0, 0.1) is 5.92 Å². The highest BCUT2D eigenvalue weighted by Crippen LogP contribution is 2.44. The molecule has 0 amide bonds. The molecular weight excluding hydrogens is 172 g/mol. The van der Waals surface area contributed by atoms with E-state index in [1.165, 1.54) is 6.42 Å². The maximum absolute atomic E-state index is 10.6. The van der Waals surface area contributed by atoms with Gasteiger partial charge < -0.3 is 5.11 Å². The van der Waals surface area contributed by atoms with Gasteiger partial charge in [-0.2, -0.15) is 0 Å². The molecule has 1 saturated carbocycles. The van der Waals surface area contributed by atoms with Gasteiger partial charge in [0, 0.05) is 0 Å². The maximum Gasteiger partial charge on any atom is 0.0924 e. The number of aliphatic hydroxyl groups is 1. The zero-order valence-corrected chi connectivity index (χ0v) is 8.74. The molecule has 0 unspecified atom stereocenters. The first-order chi connectivity index (χ1) is 6.77. The molecular formula is C13H18O. The Kier molecular flexibility index (Phi) is 2.60. The lowest BCUT2D eigenvalue weighted by Gasteiger charge is -2.30. The summed E-state index contributed by atoms with van der Waals surface area (Å²) in [5, 5.41) is 10.6. The zero-order valence-electron chi connectivity index (χ0n) is 8.74. The monoisotopic (exact) mass is 190 g/mol. The summed E-state index contributed by atoms with van der Waals surface area (Å²) >= 11 is 0. The van der Waals surface area contributed by atoms with Gasteiger partial charge in [0.1, 0.15) is 0 Å². The fraction of sp³-hybridized carbons (Fsp3) is 0.538. The summed E-state index contributed by atoms with van der Waals surface area (Å²) in [5.41, 5.74) is 0.556. The molecule has 0 saturated heterocycles. The fourth-order valence-electron chi connectivity index (χ4n) is 2.71. The van der Waals surface area contributed by atoms with Crippen molar-refractivity contribution in [3.8, 4) is 0 Å². The normalized spacial score (nSPS) is 32.0. The summed E-state index contributed by atoms with van der Waals surface area (Å²) in [6.07, 6.45) is 4.33. The van der Waals surface area contributed by atoms with Gasteiger partial charge in [-0.3, -0.25) is 0 Å². The van der Waals surface area contributed by atoms with Gasteiger partial charge in [-0.05, 0) is 30.7 Å². The average Bonchev–Trinajstić information content (AvgIpc) is 2.62. The van der Waals surface area contributed by atoms with E-state index in [2.05, 4.69) is 6.92 Å². The van der Waals surface area contributed by atoms with Crippen LogP contribution in [0.3, 0.4) is 0 Å². The maximum atomic E-state index is 10.6. The molecule has 2 rings (SSSR count). The second kappa shape index (κ2) is 3.74. The first-order valence-corrected chi connectivity index (χ1v) is 5.55. The van der Waals surface area contributed by atoms with E-state index < -0.39 is 5.60 Å². The average molecular weight is 190 g/mol. The van der Waals surface area contributed by atoms with Gasteiger partial charge in [0.15, 0.2) is 0 Å². The molecule has 1 nitrogen and oxygen atoms in total. The summed E-state index contributed by atoms with van der Waals surface area (Å²) in [6.45, 7) is 2.17. The Morgan fingerprint density at radius 2 is 2.07 bits per heavy atom. The molecule has 0 spiro atoms. The highest BCUT2D eigenvalue weighted by Gasteiger charge is 2.40. The van der Waals surface area contributed by atoms with Crippen molar-refractivity contribution in [3.63, 3.8) is 0 Å². The lowest BCUT2D eigenvalue weighted by molar-refractivity contribution is -0.00387.